The normalized spacial score (nSPS) is 16.1. The summed E-state index contributed by atoms with van der Waals surface area (Å²) in [6.07, 6.45) is 6.43. The van der Waals surface area contributed by atoms with E-state index in [-0.39, 0.29) is 0 Å². The van der Waals surface area contributed by atoms with Crippen molar-refractivity contribution in [2.24, 2.45) is 0 Å². The van der Waals surface area contributed by atoms with Gasteiger partial charge in [-0.25, -0.2) is 0 Å². The molecule has 4 heteroatoms. The monoisotopic (exact) mass is 395 g/mol. The summed E-state index contributed by atoms with van der Waals surface area (Å²) in [6.45, 7) is 8.59. The largest absolute Gasteiger partial charge is 0.306 e. The fourth-order valence-electron chi connectivity index (χ4n) is 3.71. The number of allylic oxidation sites excluding steroid dienone is 1. The third-order valence-corrected chi connectivity index (χ3v) is 7.31. The second-order valence-electron chi connectivity index (χ2n) is 8.18. The number of rotatable bonds is 5. The molecule has 0 spiro atoms. The van der Waals surface area contributed by atoms with Crippen LogP contribution in [0.2, 0.25) is 0 Å². The Morgan fingerprint density at radius 2 is 1.79 bits per heavy atom. The highest BCUT2D eigenvalue weighted by Crippen LogP contribution is 2.33. The molecule has 0 unspecified atom stereocenters. The molecule has 1 N–H and O–H groups in total. The van der Waals surface area contributed by atoms with Crippen LogP contribution in [-0.2, 0) is 0 Å². The van der Waals surface area contributed by atoms with E-state index in [1.54, 1.807) is 0 Å². The van der Waals surface area contributed by atoms with E-state index in [1.807, 2.05) is 6.20 Å². The van der Waals surface area contributed by atoms with E-state index >= 15 is 0 Å². The predicted molar refractivity (Wildman–Crippen MR) is 127 cm³/mol. The number of benzene rings is 1. The van der Waals surface area contributed by atoms with Gasteiger partial charge >= 0.3 is 0 Å². The van der Waals surface area contributed by atoms with Gasteiger partial charge in [-0.05, 0) is 83.1 Å². The smallest absolute Gasteiger partial charge is 0.0451 e. The number of nitrogens with zero attached hydrogens (tertiary/aromatic N) is 2. The summed E-state index contributed by atoms with van der Waals surface area (Å²) in [5, 5.41) is 0. The van der Waals surface area contributed by atoms with E-state index in [9.17, 15) is 0 Å². The lowest BCUT2D eigenvalue weighted by molar-refractivity contribution is 0.250. The van der Waals surface area contributed by atoms with Gasteiger partial charge < -0.3 is 4.90 Å². The number of aryl methyl sites for hydroxylation is 1. The van der Waals surface area contributed by atoms with Crippen LogP contribution in [0.1, 0.15) is 37.9 Å². The van der Waals surface area contributed by atoms with Gasteiger partial charge in [0.25, 0.3) is 0 Å². The van der Waals surface area contributed by atoms with Gasteiger partial charge in [0.1, 0.15) is 0 Å². The topological polar surface area (TPSA) is 28.2 Å². The van der Waals surface area contributed by atoms with Gasteiger partial charge in [-0.2, -0.15) is 0 Å². The molecule has 0 saturated carbocycles. The molecule has 0 bridgehead atoms. The van der Waals surface area contributed by atoms with Crippen LogP contribution in [0, 0.1) is 6.92 Å². The third kappa shape index (κ3) is 4.93. The molecule has 0 atom stereocenters. The van der Waals surface area contributed by atoms with Gasteiger partial charge in [-0.3, -0.25) is 9.71 Å². The summed E-state index contributed by atoms with van der Waals surface area (Å²) in [5.74, 6) is 8.91. The van der Waals surface area contributed by atoms with Crippen molar-refractivity contribution in [1.82, 2.24) is 14.6 Å². The first-order valence-corrected chi connectivity index (χ1v) is 11.9. The standard InChI is InChI=1S/C24H33N3S/c1-18(2)17-24-19(3)25-14-11-23(24)20-7-9-22(10-8-20)28(5,6)26-21-12-15-27(4)16-13-21/h7-11,14,17,21,26H,5-6,12-13,15-16H2,1-4H3. The molecule has 1 fully saturated rings. The summed E-state index contributed by atoms with van der Waals surface area (Å²) in [7, 11) is 0.682. The van der Waals surface area contributed by atoms with Crippen molar-refractivity contribution in [3.05, 3.63) is 53.4 Å². The lowest BCUT2D eigenvalue weighted by Gasteiger charge is -2.32. The average Bonchev–Trinajstić information content (AvgIpc) is 2.65. The molecule has 2 heterocycles. The Hall–Kier alpha value is -1.88. The lowest BCUT2D eigenvalue weighted by atomic mass is 9.98. The van der Waals surface area contributed by atoms with Crippen molar-refractivity contribution in [1.29, 1.82) is 0 Å². The second kappa shape index (κ2) is 8.64. The average molecular weight is 396 g/mol. The quantitative estimate of drug-likeness (QED) is 0.713. The van der Waals surface area contributed by atoms with E-state index < -0.39 is 9.39 Å². The van der Waals surface area contributed by atoms with E-state index in [0.29, 0.717) is 6.04 Å². The first kappa shape index (κ1) is 20.8. The summed E-state index contributed by atoms with van der Waals surface area (Å²) in [6, 6.07) is 11.4. The van der Waals surface area contributed by atoms with Crippen molar-refractivity contribution in [2.75, 3.05) is 20.1 Å². The molecule has 28 heavy (non-hydrogen) atoms. The summed E-state index contributed by atoms with van der Waals surface area (Å²) in [5.41, 5.74) is 5.95. The van der Waals surface area contributed by atoms with Crippen LogP contribution < -0.4 is 4.72 Å². The Labute approximate surface area is 171 Å². The molecule has 3 nitrogen and oxygen atoms in total. The van der Waals surface area contributed by atoms with Crippen molar-refractivity contribution in [3.8, 4) is 11.1 Å². The molecule has 150 valence electrons. The van der Waals surface area contributed by atoms with Crippen molar-refractivity contribution < 1.29 is 0 Å². The maximum Gasteiger partial charge on any atom is 0.0451 e. The minimum Gasteiger partial charge on any atom is -0.306 e. The summed E-state index contributed by atoms with van der Waals surface area (Å²) < 4.78 is 3.75. The SMILES string of the molecule is C=S(=C)(NC1CCN(C)CC1)c1ccc(-c2ccnc(C)c2C=C(C)C)cc1. The Morgan fingerprint density at radius 3 is 2.39 bits per heavy atom. The fourth-order valence-corrected chi connectivity index (χ4v) is 5.38. The highest BCUT2D eigenvalue weighted by molar-refractivity contribution is 8.26. The van der Waals surface area contributed by atoms with Gasteiger partial charge in [0.2, 0.25) is 0 Å². The van der Waals surface area contributed by atoms with Crippen molar-refractivity contribution in [2.45, 2.75) is 44.6 Å². The first-order valence-electron chi connectivity index (χ1n) is 9.92. The van der Waals surface area contributed by atoms with Crippen molar-refractivity contribution in [3.63, 3.8) is 0 Å². The molecule has 1 aliphatic heterocycles. The maximum atomic E-state index is 4.47. The number of nitrogens with one attached hydrogen (secondary N) is 1. The number of pyridine rings is 1. The fraction of sp³-hybridized carbons (Fsp3) is 0.375. The number of likely N-dealkylation sites (tertiary alicyclic amines) is 1. The molecular formula is C24H33N3S. The molecule has 3 rings (SSSR count). The molecule has 1 aromatic carbocycles. The Bertz CT molecular complexity index is 944. The van der Waals surface area contributed by atoms with E-state index in [1.165, 1.54) is 27.2 Å². The molecule has 0 amide bonds. The van der Waals surface area contributed by atoms with Crippen LogP contribution in [0.3, 0.4) is 0 Å². The summed E-state index contributed by atoms with van der Waals surface area (Å²) >= 11 is 0. The van der Waals surface area contributed by atoms with Gasteiger partial charge in [0.05, 0.1) is 0 Å². The van der Waals surface area contributed by atoms with E-state index in [2.05, 4.69) is 90.6 Å². The van der Waals surface area contributed by atoms with Crippen LogP contribution in [0.25, 0.3) is 17.2 Å². The Balaban J connectivity index is 1.84. The van der Waals surface area contributed by atoms with Crippen LogP contribution in [0.15, 0.2) is 47.0 Å². The van der Waals surface area contributed by atoms with Gasteiger partial charge in [0, 0.05) is 28.4 Å². The minimum absolute atomic E-state index is 0.507. The molecular weight excluding hydrogens is 362 g/mol. The number of hydrogen-bond donors (Lipinski definition) is 1. The summed E-state index contributed by atoms with van der Waals surface area (Å²) in [4.78, 5) is 8.06. The van der Waals surface area contributed by atoms with Crippen LogP contribution in [0.4, 0.5) is 0 Å². The van der Waals surface area contributed by atoms with E-state index in [0.717, 1.165) is 31.6 Å². The second-order valence-corrected chi connectivity index (χ2v) is 10.7. The highest BCUT2D eigenvalue weighted by atomic mass is 32.2. The predicted octanol–water partition coefficient (Wildman–Crippen LogP) is 5.11. The number of aromatic nitrogens is 1. The highest BCUT2D eigenvalue weighted by Gasteiger charge is 2.18. The molecule has 0 aliphatic carbocycles. The maximum absolute atomic E-state index is 4.47. The van der Waals surface area contributed by atoms with Crippen LogP contribution in [-0.4, -0.2) is 47.8 Å². The number of piperidine rings is 1. The number of hydrogen-bond acceptors (Lipinski definition) is 3. The van der Waals surface area contributed by atoms with Crippen LogP contribution in [0.5, 0.6) is 0 Å². The lowest BCUT2D eigenvalue weighted by Crippen LogP contribution is -2.39. The van der Waals surface area contributed by atoms with Gasteiger partial charge in [-0.15, -0.1) is 9.39 Å². The van der Waals surface area contributed by atoms with Gasteiger partial charge in [-0.1, -0.05) is 35.5 Å². The molecule has 1 aromatic heterocycles. The van der Waals surface area contributed by atoms with Gasteiger partial charge in [0.15, 0.2) is 0 Å². The first-order chi connectivity index (χ1) is 13.3. The Kier molecular flexibility index (Phi) is 6.43. The molecule has 1 saturated heterocycles. The molecule has 2 aromatic rings. The zero-order valence-corrected chi connectivity index (χ0v) is 18.5. The minimum atomic E-state index is -1.51. The molecule has 1 aliphatic rings. The zero-order valence-electron chi connectivity index (χ0n) is 17.7. The molecule has 0 radical (unpaired) electrons. The van der Waals surface area contributed by atoms with Crippen LogP contribution >= 0.6 is 9.39 Å². The zero-order chi connectivity index (χ0) is 20.3. The third-order valence-electron chi connectivity index (χ3n) is 5.35. The van der Waals surface area contributed by atoms with Crippen molar-refractivity contribution >= 4 is 27.2 Å². The van der Waals surface area contributed by atoms with E-state index in [4.69, 9.17) is 0 Å². The Morgan fingerprint density at radius 1 is 1.14 bits per heavy atom.